The van der Waals surface area contributed by atoms with Crippen LogP contribution in [0.3, 0.4) is 0 Å². The van der Waals surface area contributed by atoms with Crippen molar-refractivity contribution in [2.24, 2.45) is 0 Å². The van der Waals surface area contributed by atoms with E-state index in [1.807, 2.05) is 12.1 Å². The molecular formula is C31H57NO3S. The van der Waals surface area contributed by atoms with Crippen molar-refractivity contribution in [2.75, 3.05) is 19.6 Å². The molecule has 0 spiro atoms. The van der Waals surface area contributed by atoms with Crippen molar-refractivity contribution in [1.82, 2.24) is 0 Å². The van der Waals surface area contributed by atoms with E-state index in [0.29, 0.717) is 6.54 Å². The first kappa shape index (κ1) is 33.1. The maximum absolute atomic E-state index is 12.1. The van der Waals surface area contributed by atoms with Gasteiger partial charge in [0.25, 0.3) is 0 Å². The van der Waals surface area contributed by atoms with E-state index < -0.39 is 10.1 Å². The van der Waals surface area contributed by atoms with Gasteiger partial charge in [-0.15, -0.1) is 0 Å². The molecule has 210 valence electrons. The van der Waals surface area contributed by atoms with E-state index in [9.17, 15) is 13.0 Å². The van der Waals surface area contributed by atoms with Crippen LogP contribution >= 0.6 is 0 Å². The van der Waals surface area contributed by atoms with Gasteiger partial charge in [0.15, 0.2) is 0 Å². The molecule has 0 aliphatic rings. The summed E-state index contributed by atoms with van der Waals surface area (Å²) in [7, 11) is -4.47. The molecule has 1 aromatic carbocycles. The second-order valence-corrected chi connectivity index (χ2v) is 12.4. The number of benzene rings is 1. The highest BCUT2D eigenvalue weighted by molar-refractivity contribution is 7.85. The molecule has 5 heteroatoms. The highest BCUT2D eigenvalue weighted by Crippen LogP contribution is 2.25. The quantitative estimate of drug-likeness (QED) is 0.0771. The van der Waals surface area contributed by atoms with Crippen LogP contribution in [0, 0.1) is 0 Å². The molecule has 36 heavy (non-hydrogen) atoms. The van der Waals surface area contributed by atoms with Crippen LogP contribution in [0.15, 0.2) is 29.2 Å². The smallest absolute Gasteiger partial charge is 0.124 e. The number of unbranched alkanes of at least 4 members (excludes halogenated alkanes) is 15. The van der Waals surface area contributed by atoms with Gasteiger partial charge in [-0.05, 0) is 44.6 Å². The zero-order chi connectivity index (χ0) is 26.5. The lowest BCUT2D eigenvalue weighted by Gasteiger charge is -2.40. The molecule has 0 bridgehead atoms. The Morgan fingerprint density at radius 1 is 0.583 bits per heavy atom. The largest absolute Gasteiger partial charge is 0.744 e. The average Bonchev–Trinajstić information content (AvgIpc) is 2.85. The van der Waals surface area contributed by atoms with Crippen molar-refractivity contribution < 1.29 is 17.5 Å². The minimum Gasteiger partial charge on any atom is -0.744 e. The molecule has 0 aliphatic heterocycles. The van der Waals surface area contributed by atoms with Crippen molar-refractivity contribution in [3.63, 3.8) is 0 Å². The average molecular weight is 524 g/mol. The summed E-state index contributed by atoms with van der Waals surface area (Å²) in [5, 5.41) is 0. The first-order chi connectivity index (χ1) is 17.4. The highest BCUT2D eigenvalue weighted by atomic mass is 32.2. The molecule has 0 heterocycles. The van der Waals surface area contributed by atoms with Crippen LogP contribution in [-0.4, -0.2) is 37.1 Å². The maximum atomic E-state index is 12.1. The minimum absolute atomic E-state index is 0.0127. The summed E-state index contributed by atoms with van der Waals surface area (Å²) in [6.45, 7) is 10.7. The van der Waals surface area contributed by atoms with Crippen LogP contribution in [0.4, 0.5) is 0 Å². The van der Waals surface area contributed by atoms with E-state index in [-0.39, 0.29) is 4.90 Å². The summed E-state index contributed by atoms with van der Waals surface area (Å²) in [4.78, 5) is -0.0127. The predicted molar refractivity (Wildman–Crippen MR) is 153 cm³/mol. The second-order valence-electron chi connectivity index (χ2n) is 11.0. The van der Waals surface area contributed by atoms with Gasteiger partial charge in [0.2, 0.25) is 0 Å². The molecule has 1 aromatic rings. The Hall–Kier alpha value is -0.910. The zero-order valence-corrected chi connectivity index (χ0v) is 24.8. The molecule has 0 fully saturated rings. The number of hydrogen-bond donors (Lipinski definition) is 0. The van der Waals surface area contributed by atoms with Crippen molar-refractivity contribution >= 4 is 10.1 Å². The van der Waals surface area contributed by atoms with E-state index in [4.69, 9.17) is 0 Å². The molecule has 0 aliphatic carbocycles. The first-order valence-corrected chi connectivity index (χ1v) is 16.7. The molecule has 0 atom stereocenters. The molecule has 0 amide bonds. The van der Waals surface area contributed by atoms with Gasteiger partial charge in [0, 0.05) is 5.56 Å². The summed E-state index contributed by atoms with van der Waals surface area (Å²) in [5.74, 6) is 0. The van der Waals surface area contributed by atoms with E-state index in [1.165, 1.54) is 122 Å². The summed E-state index contributed by atoms with van der Waals surface area (Å²) in [5.41, 5.74) is 0.718. The van der Waals surface area contributed by atoms with Gasteiger partial charge in [-0.25, -0.2) is 8.42 Å². The van der Waals surface area contributed by atoms with Crippen LogP contribution in [-0.2, 0) is 16.7 Å². The molecular weight excluding hydrogens is 466 g/mol. The third-order valence-electron chi connectivity index (χ3n) is 7.71. The Balaban J connectivity index is 3.02. The SMILES string of the molecule is CCCCCCCC[N+](CCCCCCCC)(CCCCCCCC)Cc1ccccc1S(=O)(=O)[O-]. The van der Waals surface area contributed by atoms with Gasteiger partial charge in [0.1, 0.15) is 16.7 Å². The molecule has 4 nitrogen and oxygen atoms in total. The van der Waals surface area contributed by atoms with Gasteiger partial charge in [-0.2, -0.15) is 0 Å². The Kier molecular flexibility index (Phi) is 18.5. The summed E-state index contributed by atoms with van der Waals surface area (Å²) >= 11 is 0. The van der Waals surface area contributed by atoms with E-state index >= 15 is 0 Å². The second kappa shape index (κ2) is 20.1. The zero-order valence-electron chi connectivity index (χ0n) is 23.9. The fourth-order valence-corrected chi connectivity index (χ4v) is 6.19. The van der Waals surface area contributed by atoms with Gasteiger partial charge in [-0.1, -0.05) is 116 Å². The summed E-state index contributed by atoms with van der Waals surface area (Å²) in [6.07, 6.45) is 22.8. The molecule has 1 rings (SSSR count). The van der Waals surface area contributed by atoms with Crippen molar-refractivity contribution in [3.8, 4) is 0 Å². The minimum atomic E-state index is -4.47. The van der Waals surface area contributed by atoms with Crippen LogP contribution in [0.2, 0.25) is 0 Å². The summed E-state index contributed by atoms with van der Waals surface area (Å²) < 4.78 is 37.1. The number of nitrogens with zero attached hydrogens (tertiary/aromatic N) is 1. The number of rotatable bonds is 24. The van der Waals surface area contributed by atoms with E-state index in [0.717, 1.165) is 29.7 Å². The van der Waals surface area contributed by atoms with Crippen LogP contribution < -0.4 is 0 Å². The third kappa shape index (κ3) is 14.7. The number of hydrogen-bond acceptors (Lipinski definition) is 3. The first-order valence-electron chi connectivity index (χ1n) is 15.3. The van der Waals surface area contributed by atoms with Crippen molar-refractivity contribution in [3.05, 3.63) is 29.8 Å². The van der Waals surface area contributed by atoms with Gasteiger partial charge < -0.3 is 9.04 Å². The van der Waals surface area contributed by atoms with Crippen molar-refractivity contribution in [2.45, 2.75) is 148 Å². The Bertz CT molecular complexity index is 722. The van der Waals surface area contributed by atoms with Crippen LogP contribution in [0.5, 0.6) is 0 Å². The lowest BCUT2D eigenvalue weighted by Crippen LogP contribution is -2.49. The molecule has 0 N–H and O–H groups in total. The Labute approximate surface area is 224 Å². The molecule has 0 saturated heterocycles. The van der Waals surface area contributed by atoms with Gasteiger partial charge in [0.05, 0.1) is 24.5 Å². The predicted octanol–water partition coefficient (Wildman–Crippen LogP) is 8.99. The Morgan fingerprint density at radius 2 is 0.944 bits per heavy atom. The molecule has 0 aromatic heterocycles. The van der Waals surface area contributed by atoms with Gasteiger partial charge >= 0.3 is 0 Å². The standard InChI is InChI=1S/C31H57NO3S/c1-4-7-10-13-16-21-26-32(27-22-17-14-11-8-5-2,28-23-18-15-12-9-6-3)29-30-24-19-20-25-31(30)36(33,34)35/h19-20,24-25H,4-18,21-23,26-29H2,1-3H3. The summed E-state index contributed by atoms with van der Waals surface area (Å²) in [6, 6.07) is 6.95. The van der Waals surface area contributed by atoms with Crippen molar-refractivity contribution in [1.29, 1.82) is 0 Å². The lowest BCUT2D eigenvalue weighted by molar-refractivity contribution is -0.941. The van der Waals surface area contributed by atoms with Gasteiger partial charge in [-0.3, -0.25) is 0 Å². The molecule has 0 radical (unpaired) electrons. The fourth-order valence-electron chi connectivity index (χ4n) is 5.49. The van der Waals surface area contributed by atoms with Crippen LogP contribution in [0.25, 0.3) is 0 Å². The highest BCUT2D eigenvalue weighted by Gasteiger charge is 2.28. The van der Waals surface area contributed by atoms with Crippen LogP contribution in [0.1, 0.15) is 142 Å². The third-order valence-corrected chi connectivity index (χ3v) is 8.64. The Morgan fingerprint density at radius 3 is 1.33 bits per heavy atom. The molecule has 0 unspecified atom stereocenters. The maximum Gasteiger partial charge on any atom is 0.124 e. The topological polar surface area (TPSA) is 57.2 Å². The van der Waals surface area contributed by atoms with E-state index in [2.05, 4.69) is 20.8 Å². The number of quaternary nitrogens is 1. The fraction of sp³-hybridized carbons (Fsp3) is 0.806. The normalized spacial score (nSPS) is 12.3. The van der Waals surface area contributed by atoms with E-state index in [1.54, 1.807) is 6.07 Å². The monoisotopic (exact) mass is 523 g/mol. The molecule has 0 saturated carbocycles. The lowest BCUT2D eigenvalue weighted by atomic mass is 10.0.